The molecule has 0 aliphatic carbocycles. The topological polar surface area (TPSA) is 404 Å². The van der Waals surface area contributed by atoms with Crippen LogP contribution in [0, 0.1) is 11.6 Å². The van der Waals surface area contributed by atoms with Crippen LogP contribution >= 0.6 is 0 Å². The molecule has 0 saturated carbocycles. The summed E-state index contributed by atoms with van der Waals surface area (Å²) in [4.78, 5) is 130. The number of benzene rings is 3. The van der Waals surface area contributed by atoms with Gasteiger partial charge in [0.1, 0.15) is 35.2 Å². The molecule has 30 nitrogen and oxygen atoms in total. The quantitative estimate of drug-likeness (QED) is 0.0155. The molecule has 0 radical (unpaired) electrons. The SMILES string of the molecule is CCC(=O)NCCNC(=O)NC(N)=NCCC[C@@H](NC(=O)[C@H](c1ccc(OCCCNC(=O)NCCONC(=O)CN2CCN(CC(=O)O)CCN(CC(=O)O)CCN(CC(=O)O)CC2)cc1)N1Cc2ccccc2C1)C(=O)NCc1c(F)cc(O)cc1F. The van der Waals surface area contributed by atoms with Gasteiger partial charge in [-0.3, -0.25) is 73.2 Å². The molecule has 3 aromatic carbocycles. The van der Waals surface area contributed by atoms with Gasteiger partial charge in [0.15, 0.2) is 5.96 Å². The van der Waals surface area contributed by atoms with Crippen molar-refractivity contribution in [1.29, 1.82) is 0 Å². The van der Waals surface area contributed by atoms with Gasteiger partial charge in [-0.05, 0) is 48.1 Å². The van der Waals surface area contributed by atoms with E-state index in [1.807, 2.05) is 29.2 Å². The number of hydroxylamine groups is 1. The van der Waals surface area contributed by atoms with E-state index >= 15 is 0 Å². The van der Waals surface area contributed by atoms with Crippen LogP contribution in [0.2, 0.25) is 0 Å². The van der Waals surface area contributed by atoms with Gasteiger partial charge >= 0.3 is 30.0 Å². The molecule has 488 valence electrons. The van der Waals surface area contributed by atoms with Crippen molar-refractivity contribution in [3.05, 3.63) is 94.6 Å². The third-order valence-electron chi connectivity index (χ3n) is 14.0. The molecule has 5 rings (SSSR count). The van der Waals surface area contributed by atoms with Gasteiger partial charge in [0.2, 0.25) is 17.7 Å². The largest absolute Gasteiger partial charge is 0.508 e. The van der Waals surface area contributed by atoms with Crippen LogP contribution in [0.4, 0.5) is 18.4 Å². The lowest BCUT2D eigenvalue weighted by atomic mass is 10.0. The number of halogens is 2. The molecule has 89 heavy (non-hydrogen) atoms. The van der Waals surface area contributed by atoms with Gasteiger partial charge in [0.05, 0.1) is 39.4 Å². The predicted molar refractivity (Wildman–Crippen MR) is 317 cm³/mol. The molecule has 14 N–H and O–H groups in total. The number of phenols is 1. The first-order valence-electron chi connectivity index (χ1n) is 29.0. The van der Waals surface area contributed by atoms with E-state index in [2.05, 4.69) is 47.7 Å². The first-order chi connectivity index (χ1) is 42.6. The molecule has 0 unspecified atom stereocenters. The molecule has 32 heteroatoms. The number of aromatic hydroxyl groups is 1. The normalized spacial score (nSPS) is 15.4. The molecule has 2 atom stereocenters. The highest BCUT2D eigenvalue weighted by Crippen LogP contribution is 2.33. The molecule has 8 amide bonds. The number of nitrogens with one attached hydrogen (secondary N) is 8. The van der Waals surface area contributed by atoms with Crippen LogP contribution in [0.1, 0.15) is 60.9 Å². The van der Waals surface area contributed by atoms with E-state index < -0.39 is 89.3 Å². The molecule has 3 aromatic rings. The van der Waals surface area contributed by atoms with Gasteiger partial charge in [0, 0.05) is 129 Å². The average Bonchev–Trinajstić information content (AvgIpc) is 2.10. The molecule has 0 spiro atoms. The van der Waals surface area contributed by atoms with Gasteiger partial charge in [-0.2, -0.15) is 0 Å². The van der Waals surface area contributed by atoms with E-state index in [0.717, 1.165) is 11.1 Å². The minimum Gasteiger partial charge on any atom is -0.508 e. The fraction of sp³-hybridized carbons (Fsp3) is 0.509. The van der Waals surface area contributed by atoms with Crippen LogP contribution in [-0.4, -0.2) is 235 Å². The average molecular weight is 1250 g/mol. The number of amides is 8. The lowest BCUT2D eigenvalue weighted by Crippen LogP contribution is -2.50. The van der Waals surface area contributed by atoms with E-state index in [0.29, 0.717) is 43.0 Å². The number of aliphatic carboxylic acids is 3. The van der Waals surface area contributed by atoms with Crippen LogP contribution < -0.4 is 53.2 Å². The van der Waals surface area contributed by atoms with Crippen molar-refractivity contribution >= 4 is 59.6 Å². The number of carboxylic acid groups (broad SMARTS) is 3. The first-order valence-corrected chi connectivity index (χ1v) is 29.0. The summed E-state index contributed by atoms with van der Waals surface area (Å²) in [6, 6.07) is 12.4. The molecule has 2 heterocycles. The Kier molecular flexibility index (Phi) is 30.1. The van der Waals surface area contributed by atoms with Crippen molar-refractivity contribution in [3.8, 4) is 11.5 Å². The molecule has 2 aliphatic rings. The van der Waals surface area contributed by atoms with Gasteiger partial charge in [0.25, 0.3) is 5.91 Å². The second-order valence-electron chi connectivity index (χ2n) is 20.9. The number of hydrogen-bond donors (Lipinski definition) is 13. The predicted octanol–water partition coefficient (Wildman–Crippen LogP) is -0.960. The van der Waals surface area contributed by atoms with Crippen LogP contribution in [0.25, 0.3) is 0 Å². The Morgan fingerprint density at radius 1 is 0.629 bits per heavy atom. The number of carboxylic acids is 3. The Hall–Kier alpha value is -8.82. The minimum atomic E-state index is -1.27. The summed E-state index contributed by atoms with van der Waals surface area (Å²) < 4.78 is 35.4. The number of carbonyl (C=O) groups excluding carboxylic acids is 6. The summed E-state index contributed by atoms with van der Waals surface area (Å²) in [5.74, 6) is -7.91. The maximum atomic E-state index is 14.7. The molecule has 2 aliphatic heterocycles. The highest BCUT2D eigenvalue weighted by atomic mass is 19.1. The number of fused-ring (bicyclic) bond motifs is 1. The fourth-order valence-electron chi connectivity index (χ4n) is 9.49. The van der Waals surface area contributed by atoms with Crippen molar-refractivity contribution < 1.29 is 81.9 Å². The van der Waals surface area contributed by atoms with Crippen molar-refractivity contribution in [2.75, 3.05) is 124 Å². The summed E-state index contributed by atoms with van der Waals surface area (Å²) in [5, 5.41) is 56.2. The van der Waals surface area contributed by atoms with Gasteiger partial charge in [-0.15, -0.1) is 0 Å². The summed E-state index contributed by atoms with van der Waals surface area (Å²) in [6.45, 7) is 3.21. The van der Waals surface area contributed by atoms with Crippen molar-refractivity contribution in [3.63, 3.8) is 0 Å². The Balaban J connectivity index is 1.10. The number of aliphatic imine (C=N–C) groups is 1. The van der Waals surface area contributed by atoms with Crippen molar-refractivity contribution in [2.24, 2.45) is 10.7 Å². The zero-order chi connectivity index (χ0) is 64.7. The molecule has 0 aromatic heterocycles. The van der Waals surface area contributed by atoms with E-state index in [1.165, 1.54) is 0 Å². The standard InChI is InChI=1S/C57H81F2N15O15/c1-2-47(76)61-16-17-64-57(87)68-55(60)62-14-5-9-46(53(84)66-31-43-44(58)29-41(75)30-45(43)59)67-54(85)52(74-32-39-7-3-4-8-40(39)33-74)38-10-12-42(13-11-38)88-27-6-15-63-56(86)65-18-28-89-69-48(77)34-70-19-21-71(35-49(78)79)23-25-73(37-51(82)83)26-24-72(22-20-70)36-50(80)81/h3-4,7-8,10-13,29-30,46,52,75H,2,5-6,9,14-28,31-37H2,1H3,(H,61,76)(H,66,84)(H,67,85)(H,69,77)(H,78,79)(H,80,81)(H,82,83)(H2,63,65,86)(H4,60,62,64,68,87)/t46-,52+/m1/s1. The summed E-state index contributed by atoms with van der Waals surface area (Å²) in [7, 11) is 0. The Labute approximate surface area is 512 Å². The van der Waals surface area contributed by atoms with Gasteiger partial charge < -0.3 is 62.8 Å². The number of hydrogen-bond acceptors (Lipinski definition) is 18. The Morgan fingerprint density at radius 3 is 1.71 bits per heavy atom. The number of carbonyl (C=O) groups is 9. The number of nitrogens with zero attached hydrogens (tertiary/aromatic N) is 6. The Morgan fingerprint density at radius 2 is 1.16 bits per heavy atom. The number of ether oxygens (including phenoxy) is 1. The number of phenolic OH excluding ortho intramolecular Hbond substituents is 1. The van der Waals surface area contributed by atoms with Gasteiger partial charge in [-0.25, -0.2) is 23.9 Å². The summed E-state index contributed by atoms with van der Waals surface area (Å²) >= 11 is 0. The van der Waals surface area contributed by atoms with E-state index in [-0.39, 0.29) is 156 Å². The molecular formula is C57H81F2N15O15. The molecule has 0 bridgehead atoms. The Bertz CT molecular complexity index is 2810. The van der Waals surface area contributed by atoms with Crippen LogP contribution in [0.3, 0.4) is 0 Å². The molecule has 1 fully saturated rings. The zero-order valence-electron chi connectivity index (χ0n) is 49.6. The van der Waals surface area contributed by atoms with Crippen LogP contribution in [-0.2, 0) is 58.0 Å². The maximum absolute atomic E-state index is 14.7. The summed E-state index contributed by atoms with van der Waals surface area (Å²) in [6.07, 6.45) is 0.784. The molecular weight excluding hydrogens is 1170 g/mol. The fourth-order valence-corrected chi connectivity index (χ4v) is 9.49. The van der Waals surface area contributed by atoms with E-state index in [1.54, 1.807) is 50.8 Å². The monoisotopic (exact) mass is 1250 g/mol. The lowest BCUT2D eigenvalue weighted by Gasteiger charge is -2.32. The highest BCUT2D eigenvalue weighted by molar-refractivity contribution is 5.95. The number of nitrogens with two attached hydrogens (primary N) is 1. The third-order valence-corrected chi connectivity index (χ3v) is 14.0. The summed E-state index contributed by atoms with van der Waals surface area (Å²) in [5.41, 5.74) is 10.3. The van der Waals surface area contributed by atoms with Crippen LogP contribution in [0.5, 0.6) is 11.5 Å². The van der Waals surface area contributed by atoms with E-state index in [9.17, 15) is 72.4 Å². The van der Waals surface area contributed by atoms with Gasteiger partial charge in [-0.1, -0.05) is 43.3 Å². The lowest BCUT2D eigenvalue weighted by molar-refractivity contribution is -0.141. The second kappa shape index (κ2) is 37.8. The first kappa shape index (κ1) is 70.9. The minimum absolute atomic E-state index is 0.0122. The third kappa shape index (κ3) is 26.6. The smallest absolute Gasteiger partial charge is 0.321 e. The van der Waals surface area contributed by atoms with Crippen molar-refractivity contribution in [1.82, 2.24) is 67.2 Å². The van der Waals surface area contributed by atoms with Crippen molar-refractivity contribution in [2.45, 2.75) is 64.3 Å². The number of urea groups is 2. The second-order valence-corrected chi connectivity index (χ2v) is 20.9. The highest BCUT2D eigenvalue weighted by Gasteiger charge is 2.35. The van der Waals surface area contributed by atoms with E-state index in [4.69, 9.17) is 15.3 Å². The number of rotatable bonds is 32. The maximum Gasteiger partial charge on any atom is 0.321 e. The molecule has 1 saturated heterocycles. The van der Waals surface area contributed by atoms with Crippen LogP contribution in [0.15, 0.2) is 65.7 Å². The zero-order valence-corrected chi connectivity index (χ0v) is 49.6. The number of guanidine groups is 1.